The fraction of sp³-hybridized carbons (Fsp3) is 1.00. The van der Waals surface area contributed by atoms with Gasteiger partial charge < -0.3 is 17.8 Å². The van der Waals surface area contributed by atoms with E-state index in [0.717, 1.165) is 6.17 Å². The SMILES string of the molecule is CO[Si](CN(C1CCCCC1)[Si](C(C)C)(C(C)C)C(C)C)(OC)OC. The molecule has 0 radical (unpaired) electrons. The van der Waals surface area contributed by atoms with Gasteiger partial charge >= 0.3 is 8.80 Å². The molecule has 0 saturated heterocycles. The molecule has 1 aliphatic carbocycles. The largest absolute Gasteiger partial charge is 0.514 e. The summed E-state index contributed by atoms with van der Waals surface area (Å²) in [5, 5.41) is 0. The van der Waals surface area contributed by atoms with Crippen LogP contribution in [0.2, 0.25) is 16.6 Å². The first kappa shape index (κ1) is 23.3. The van der Waals surface area contributed by atoms with E-state index in [9.17, 15) is 0 Å². The Balaban J connectivity index is 3.40. The molecule has 25 heavy (non-hydrogen) atoms. The van der Waals surface area contributed by atoms with Gasteiger partial charge in [0.2, 0.25) is 0 Å². The average Bonchev–Trinajstić information content (AvgIpc) is 2.58. The fourth-order valence-electron chi connectivity index (χ4n) is 5.62. The standard InChI is InChI=1S/C19H43NO3Si2/c1-16(2)25(17(3)4,18(5)6)20(19-13-11-10-12-14-19)15-24(21-7,22-8)23-9/h16-19H,10-15H2,1-9H3. The van der Waals surface area contributed by atoms with Gasteiger partial charge in [0, 0.05) is 27.4 Å². The van der Waals surface area contributed by atoms with Gasteiger partial charge in [-0.25, -0.2) is 0 Å². The molecular formula is C19H43NO3Si2. The maximum Gasteiger partial charge on any atom is 0.514 e. The Morgan fingerprint density at radius 3 is 1.48 bits per heavy atom. The quantitative estimate of drug-likeness (QED) is 0.480. The normalized spacial score (nSPS) is 18.1. The number of rotatable bonds is 10. The highest BCUT2D eigenvalue weighted by atomic mass is 28.4. The zero-order valence-electron chi connectivity index (χ0n) is 18.2. The molecule has 1 aliphatic rings. The Morgan fingerprint density at radius 1 is 0.760 bits per heavy atom. The Kier molecular flexibility index (Phi) is 9.32. The molecule has 0 aliphatic heterocycles. The lowest BCUT2D eigenvalue weighted by molar-refractivity contribution is 0.103. The van der Waals surface area contributed by atoms with Crippen LogP contribution in [0.5, 0.6) is 0 Å². The first-order valence-corrected chi connectivity index (χ1v) is 14.2. The lowest BCUT2D eigenvalue weighted by Crippen LogP contribution is -2.69. The van der Waals surface area contributed by atoms with E-state index in [1.54, 1.807) is 21.3 Å². The van der Waals surface area contributed by atoms with Crippen LogP contribution in [-0.2, 0) is 13.3 Å². The molecule has 1 rings (SSSR count). The highest BCUT2D eigenvalue weighted by molar-refractivity contribution is 6.82. The maximum absolute atomic E-state index is 5.87. The maximum atomic E-state index is 5.87. The van der Waals surface area contributed by atoms with Crippen LogP contribution < -0.4 is 0 Å². The van der Waals surface area contributed by atoms with Gasteiger partial charge in [-0.1, -0.05) is 60.8 Å². The predicted molar refractivity (Wildman–Crippen MR) is 111 cm³/mol. The van der Waals surface area contributed by atoms with Gasteiger partial charge in [-0.3, -0.25) is 0 Å². The van der Waals surface area contributed by atoms with Crippen molar-refractivity contribution in [2.75, 3.05) is 27.5 Å². The van der Waals surface area contributed by atoms with Crippen molar-refractivity contribution in [3.05, 3.63) is 0 Å². The van der Waals surface area contributed by atoms with Crippen LogP contribution in [-0.4, -0.2) is 55.1 Å². The molecule has 0 amide bonds. The summed E-state index contributed by atoms with van der Waals surface area (Å²) in [5.74, 6) is 0. The minimum absolute atomic E-state index is 0.653. The van der Waals surface area contributed by atoms with Gasteiger partial charge in [-0.05, 0) is 29.5 Å². The Morgan fingerprint density at radius 2 is 1.16 bits per heavy atom. The van der Waals surface area contributed by atoms with Crippen molar-refractivity contribution in [2.24, 2.45) is 0 Å². The highest BCUT2D eigenvalue weighted by Gasteiger charge is 2.54. The van der Waals surface area contributed by atoms with Gasteiger partial charge in [0.05, 0.1) is 6.17 Å². The second-order valence-electron chi connectivity index (χ2n) is 8.57. The van der Waals surface area contributed by atoms with Crippen LogP contribution in [0, 0.1) is 0 Å². The number of nitrogens with zero attached hydrogens (tertiary/aromatic N) is 1. The van der Waals surface area contributed by atoms with Crippen molar-refractivity contribution >= 4 is 17.0 Å². The van der Waals surface area contributed by atoms with Gasteiger partial charge in [0.25, 0.3) is 0 Å². The summed E-state index contributed by atoms with van der Waals surface area (Å²) in [7, 11) is 0.829. The molecule has 0 N–H and O–H groups in total. The van der Waals surface area contributed by atoms with Crippen LogP contribution in [0.1, 0.15) is 73.6 Å². The minimum Gasteiger partial charge on any atom is -0.376 e. The van der Waals surface area contributed by atoms with Crippen LogP contribution >= 0.6 is 0 Å². The lowest BCUT2D eigenvalue weighted by Gasteiger charge is -2.55. The molecule has 0 aromatic heterocycles. The molecule has 0 unspecified atom stereocenters. The third-order valence-electron chi connectivity index (χ3n) is 6.58. The highest BCUT2D eigenvalue weighted by Crippen LogP contribution is 2.46. The van der Waals surface area contributed by atoms with E-state index >= 15 is 0 Å². The zero-order valence-corrected chi connectivity index (χ0v) is 20.2. The second-order valence-corrected chi connectivity index (χ2v) is 17.3. The van der Waals surface area contributed by atoms with E-state index < -0.39 is 17.0 Å². The summed E-state index contributed by atoms with van der Waals surface area (Å²) in [4.78, 5) is 0. The molecule has 0 bridgehead atoms. The van der Waals surface area contributed by atoms with E-state index in [4.69, 9.17) is 13.3 Å². The number of hydrogen-bond acceptors (Lipinski definition) is 4. The van der Waals surface area contributed by atoms with Crippen molar-refractivity contribution < 1.29 is 13.3 Å². The molecule has 1 saturated carbocycles. The smallest absolute Gasteiger partial charge is 0.376 e. The molecule has 0 atom stereocenters. The molecule has 1 fully saturated rings. The third kappa shape index (κ3) is 4.76. The second kappa shape index (κ2) is 9.99. The lowest BCUT2D eigenvalue weighted by atomic mass is 9.96. The van der Waals surface area contributed by atoms with Crippen LogP contribution in [0.15, 0.2) is 0 Å². The molecule has 150 valence electrons. The molecular weight excluding hydrogens is 346 g/mol. The summed E-state index contributed by atoms with van der Waals surface area (Å²) >= 11 is 0. The first-order valence-electron chi connectivity index (χ1n) is 10.1. The first-order chi connectivity index (χ1) is 11.7. The van der Waals surface area contributed by atoms with E-state index in [-0.39, 0.29) is 0 Å². The Bertz CT molecular complexity index is 351. The Labute approximate surface area is 159 Å². The van der Waals surface area contributed by atoms with E-state index in [2.05, 4.69) is 46.1 Å². The van der Waals surface area contributed by atoms with Crippen LogP contribution in [0.3, 0.4) is 0 Å². The van der Waals surface area contributed by atoms with Crippen molar-refractivity contribution in [1.82, 2.24) is 4.57 Å². The molecule has 0 spiro atoms. The summed E-state index contributed by atoms with van der Waals surface area (Å²) in [6.45, 7) is 14.7. The predicted octanol–water partition coefficient (Wildman–Crippen LogP) is 5.21. The fourth-order valence-corrected chi connectivity index (χ4v) is 15.7. The summed E-state index contributed by atoms with van der Waals surface area (Å²) in [6, 6.07) is 0.653. The van der Waals surface area contributed by atoms with Crippen molar-refractivity contribution in [1.29, 1.82) is 0 Å². The van der Waals surface area contributed by atoms with Crippen molar-refractivity contribution in [2.45, 2.75) is 96.3 Å². The summed E-state index contributed by atoms with van der Waals surface area (Å²) in [6.07, 6.45) is 7.53. The minimum atomic E-state index is -2.65. The third-order valence-corrected chi connectivity index (χ3v) is 16.6. The van der Waals surface area contributed by atoms with Crippen LogP contribution in [0.4, 0.5) is 0 Å². The summed E-state index contributed by atoms with van der Waals surface area (Å²) in [5.41, 5.74) is 2.06. The van der Waals surface area contributed by atoms with E-state index in [0.29, 0.717) is 22.7 Å². The van der Waals surface area contributed by atoms with Gasteiger partial charge in [-0.15, -0.1) is 0 Å². The molecule has 4 nitrogen and oxygen atoms in total. The van der Waals surface area contributed by atoms with Gasteiger partial charge in [0.15, 0.2) is 0 Å². The number of hydrogen-bond donors (Lipinski definition) is 0. The molecule has 0 heterocycles. The zero-order chi connectivity index (χ0) is 19.3. The summed E-state index contributed by atoms with van der Waals surface area (Å²) < 4.78 is 20.5. The van der Waals surface area contributed by atoms with Gasteiger partial charge in [-0.2, -0.15) is 0 Å². The molecule has 6 heteroatoms. The van der Waals surface area contributed by atoms with E-state index in [1.165, 1.54) is 32.1 Å². The van der Waals surface area contributed by atoms with Crippen molar-refractivity contribution in [3.8, 4) is 0 Å². The van der Waals surface area contributed by atoms with Crippen LogP contribution in [0.25, 0.3) is 0 Å². The topological polar surface area (TPSA) is 30.9 Å². The van der Waals surface area contributed by atoms with Gasteiger partial charge in [0.1, 0.15) is 8.24 Å². The molecule has 0 aromatic carbocycles. The monoisotopic (exact) mass is 389 g/mol. The molecule has 0 aromatic rings. The average molecular weight is 390 g/mol. The van der Waals surface area contributed by atoms with Crippen molar-refractivity contribution in [3.63, 3.8) is 0 Å². The van der Waals surface area contributed by atoms with E-state index in [1.807, 2.05) is 0 Å². The Hall–Kier alpha value is 0.274.